The summed E-state index contributed by atoms with van der Waals surface area (Å²) in [5, 5.41) is 11.9. The molecular weight excluding hydrogens is 232 g/mol. The van der Waals surface area contributed by atoms with E-state index in [0.29, 0.717) is 6.54 Å². The van der Waals surface area contributed by atoms with Crippen LogP contribution >= 0.6 is 15.9 Å². The first kappa shape index (κ1) is 12.3. The number of hydrogen-bond acceptors (Lipinski definition) is 2. The monoisotopic (exact) mass is 245 g/mol. The number of hydrogen-bond donors (Lipinski definition) is 2. The lowest BCUT2D eigenvalue weighted by molar-refractivity contribution is -0.101. The zero-order valence-corrected chi connectivity index (χ0v) is 8.79. The average Bonchev–Trinajstić information content (AvgIpc) is 1.85. The van der Waals surface area contributed by atoms with Crippen molar-refractivity contribution in [3.63, 3.8) is 0 Å². The third-order valence-electron chi connectivity index (χ3n) is 1.51. The Balaban J connectivity index is 3.88. The fourth-order valence-corrected chi connectivity index (χ4v) is 0.749. The summed E-state index contributed by atoms with van der Waals surface area (Å²) in [6, 6.07) is 0. The predicted octanol–water partition coefficient (Wildman–Crippen LogP) is 1.72. The SMILES string of the molecule is CCCNCC(C)(O)C(F)(F)Br. The molecule has 0 bridgehead atoms. The van der Waals surface area contributed by atoms with Gasteiger partial charge < -0.3 is 10.4 Å². The highest BCUT2D eigenvalue weighted by Gasteiger charge is 2.46. The van der Waals surface area contributed by atoms with Crippen LogP contribution in [-0.4, -0.2) is 28.6 Å². The number of alkyl halides is 3. The summed E-state index contributed by atoms with van der Waals surface area (Å²) in [7, 11) is 0. The average molecular weight is 246 g/mol. The van der Waals surface area contributed by atoms with E-state index in [0.717, 1.165) is 13.3 Å². The third-order valence-corrected chi connectivity index (χ3v) is 2.36. The molecule has 0 spiro atoms. The summed E-state index contributed by atoms with van der Waals surface area (Å²) < 4.78 is 25.1. The number of halogens is 3. The maximum Gasteiger partial charge on any atom is 0.330 e. The van der Waals surface area contributed by atoms with Gasteiger partial charge in [0.15, 0.2) is 0 Å². The summed E-state index contributed by atoms with van der Waals surface area (Å²) in [5.74, 6) is 0. The van der Waals surface area contributed by atoms with Crippen LogP contribution in [0.1, 0.15) is 20.3 Å². The van der Waals surface area contributed by atoms with Gasteiger partial charge in [-0.15, -0.1) is 0 Å². The zero-order valence-electron chi connectivity index (χ0n) is 7.20. The molecule has 0 aromatic rings. The molecule has 0 aliphatic heterocycles. The first-order valence-corrected chi connectivity index (χ1v) is 4.60. The van der Waals surface area contributed by atoms with Crippen molar-refractivity contribution >= 4 is 15.9 Å². The Bertz CT molecular complexity index is 136. The molecule has 0 radical (unpaired) electrons. The lowest BCUT2D eigenvalue weighted by Crippen LogP contribution is -2.49. The molecule has 0 amide bonds. The Morgan fingerprint density at radius 1 is 1.50 bits per heavy atom. The number of nitrogens with one attached hydrogen (secondary N) is 1. The van der Waals surface area contributed by atoms with Crippen LogP contribution in [0.5, 0.6) is 0 Å². The Hall–Kier alpha value is 0.260. The zero-order chi connectivity index (χ0) is 9.83. The second-order valence-corrected chi connectivity index (χ2v) is 3.94. The minimum Gasteiger partial charge on any atom is -0.382 e. The normalized spacial score (nSPS) is 17.5. The summed E-state index contributed by atoms with van der Waals surface area (Å²) >= 11 is 2.13. The van der Waals surface area contributed by atoms with Gasteiger partial charge in [0, 0.05) is 6.54 Å². The van der Waals surface area contributed by atoms with Gasteiger partial charge in [0.05, 0.1) is 0 Å². The Kier molecular flexibility index (Phi) is 4.58. The summed E-state index contributed by atoms with van der Waals surface area (Å²) in [6.45, 7) is 3.51. The van der Waals surface area contributed by atoms with Crippen LogP contribution in [0.4, 0.5) is 8.78 Å². The third kappa shape index (κ3) is 3.78. The largest absolute Gasteiger partial charge is 0.382 e. The Labute approximate surface area is 79.5 Å². The molecule has 0 saturated carbocycles. The highest BCUT2D eigenvalue weighted by molar-refractivity contribution is 9.10. The second kappa shape index (κ2) is 4.48. The minimum atomic E-state index is -3.25. The second-order valence-electron chi connectivity index (χ2n) is 2.95. The van der Waals surface area contributed by atoms with Crippen molar-refractivity contribution in [2.45, 2.75) is 30.7 Å². The molecule has 0 aromatic heterocycles. The summed E-state index contributed by atoms with van der Waals surface area (Å²) in [5.41, 5.74) is -2.04. The molecular formula is C7H14BrF2NO. The van der Waals surface area contributed by atoms with E-state index < -0.39 is 10.4 Å². The van der Waals surface area contributed by atoms with E-state index in [9.17, 15) is 13.9 Å². The molecule has 1 unspecified atom stereocenters. The summed E-state index contributed by atoms with van der Waals surface area (Å²) in [4.78, 5) is -3.25. The van der Waals surface area contributed by atoms with E-state index in [1.165, 1.54) is 0 Å². The molecule has 0 heterocycles. The van der Waals surface area contributed by atoms with Crippen LogP contribution in [0.3, 0.4) is 0 Å². The van der Waals surface area contributed by atoms with Crippen LogP contribution in [-0.2, 0) is 0 Å². The van der Waals surface area contributed by atoms with Gasteiger partial charge in [-0.25, -0.2) is 0 Å². The smallest absolute Gasteiger partial charge is 0.330 e. The fraction of sp³-hybridized carbons (Fsp3) is 1.00. The number of rotatable bonds is 5. The molecule has 2 N–H and O–H groups in total. The van der Waals surface area contributed by atoms with Crippen molar-refractivity contribution in [3.8, 4) is 0 Å². The van der Waals surface area contributed by atoms with Gasteiger partial charge in [-0.05, 0) is 35.8 Å². The molecule has 5 heteroatoms. The van der Waals surface area contributed by atoms with E-state index in [2.05, 4.69) is 21.2 Å². The predicted molar refractivity (Wildman–Crippen MR) is 47.7 cm³/mol. The Morgan fingerprint density at radius 2 is 2.00 bits per heavy atom. The van der Waals surface area contributed by atoms with Crippen LogP contribution in [0.2, 0.25) is 0 Å². The highest BCUT2D eigenvalue weighted by Crippen LogP contribution is 2.33. The molecule has 0 aliphatic rings. The molecule has 74 valence electrons. The first-order valence-electron chi connectivity index (χ1n) is 3.81. The first-order chi connectivity index (χ1) is 5.31. The van der Waals surface area contributed by atoms with Crippen molar-refractivity contribution < 1.29 is 13.9 Å². The van der Waals surface area contributed by atoms with Crippen molar-refractivity contribution in [1.82, 2.24) is 5.32 Å². The quantitative estimate of drug-likeness (QED) is 0.572. The molecule has 12 heavy (non-hydrogen) atoms. The van der Waals surface area contributed by atoms with Crippen LogP contribution in [0, 0.1) is 0 Å². The van der Waals surface area contributed by atoms with Crippen molar-refractivity contribution in [1.29, 1.82) is 0 Å². The highest BCUT2D eigenvalue weighted by atomic mass is 79.9. The molecule has 0 aromatic carbocycles. The Morgan fingerprint density at radius 3 is 2.33 bits per heavy atom. The van der Waals surface area contributed by atoms with Gasteiger partial charge in [0.2, 0.25) is 0 Å². The van der Waals surface area contributed by atoms with E-state index in [1.54, 1.807) is 0 Å². The van der Waals surface area contributed by atoms with E-state index in [4.69, 9.17) is 0 Å². The van der Waals surface area contributed by atoms with Gasteiger partial charge in [-0.2, -0.15) is 8.78 Å². The van der Waals surface area contributed by atoms with Crippen molar-refractivity contribution in [2.24, 2.45) is 0 Å². The van der Waals surface area contributed by atoms with Crippen LogP contribution in [0.25, 0.3) is 0 Å². The molecule has 0 rings (SSSR count). The standard InChI is InChI=1S/C7H14BrF2NO/c1-3-4-11-5-6(2,12)7(8,9)10/h11-12H,3-5H2,1-2H3. The summed E-state index contributed by atoms with van der Waals surface area (Å²) in [6.07, 6.45) is 0.851. The van der Waals surface area contributed by atoms with E-state index in [1.807, 2.05) is 6.92 Å². The molecule has 0 saturated heterocycles. The lowest BCUT2D eigenvalue weighted by atomic mass is 10.1. The maximum absolute atomic E-state index is 12.6. The van der Waals surface area contributed by atoms with Gasteiger partial charge >= 0.3 is 4.83 Å². The van der Waals surface area contributed by atoms with Crippen molar-refractivity contribution in [3.05, 3.63) is 0 Å². The molecule has 0 fully saturated rings. The molecule has 1 atom stereocenters. The topological polar surface area (TPSA) is 32.3 Å². The van der Waals surface area contributed by atoms with Gasteiger partial charge in [-0.1, -0.05) is 6.92 Å². The maximum atomic E-state index is 12.6. The van der Waals surface area contributed by atoms with E-state index >= 15 is 0 Å². The minimum absolute atomic E-state index is 0.126. The van der Waals surface area contributed by atoms with Gasteiger partial charge in [-0.3, -0.25) is 0 Å². The number of aliphatic hydroxyl groups is 1. The molecule has 0 aliphatic carbocycles. The van der Waals surface area contributed by atoms with Gasteiger partial charge in [0.25, 0.3) is 0 Å². The van der Waals surface area contributed by atoms with Crippen LogP contribution in [0.15, 0.2) is 0 Å². The molecule has 2 nitrogen and oxygen atoms in total. The van der Waals surface area contributed by atoms with Gasteiger partial charge in [0.1, 0.15) is 5.60 Å². The van der Waals surface area contributed by atoms with Crippen LogP contribution < -0.4 is 5.32 Å². The van der Waals surface area contributed by atoms with Crippen molar-refractivity contribution in [2.75, 3.05) is 13.1 Å². The lowest BCUT2D eigenvalue weighted by Gasteiger charge is -2.28. The van der Waals surface area contributed by atoms with E-state index in [-0.39, 0.29) is 6.54 Å². The fourth-order valence-electron chi connectivity index (χ4n) is 0.609.